The minimum atomic E-state index is -0.523. The number of amides is 1. The molecular formula is C13H15N3O2S. The van der Waals surface area contributed by atoms with Crippen molar-refractivity contribution in [1.29, 1.82) is 0 Å². The van der Waals surface area contributed by atoms with E-state index in [0.29, 0.717) is 13.0 Å². The number of nitrogens with zero attached hydrogens (tertiary/aromatic N) is 2. The van der Waals surface area contributed by atoms with Gasteiger partial charge in [-0.2, -0.15) is 0 Å². The molecular weight excluding hydrogens is 262 g/mol. The highest BCUT2D eigenvalue weighted by Crippen LogP contribution is 2.34. The molecule has 1 fully saturated rings. The average Bonchev–Trinajstić information content (AvgIpc) is 2.93. The molecule has 3 N–H and O–H groups in total. The van der Waals surface area contributed by atoms with Gasteiger partial charge in [0.15, 0.2) is 5.13 Å². The summed E-state index contributed by atoms with van der Waals surface area (Å²) in [5, 5.41) is 10.5. The van der Waals surface area contributed by atoms with E-state index in [1.807, 2.05) is 30.0 Å². The van der Waals surface area contributed by atoms with Gasteiger partial charge >= 0.3 is 0 Å². The zero-order chi connectivity index (χ0) is 13.6. The fourth-order valence-corrected chi connectivity index (χ4v) is 3.59. The molecule has 1 saturated heterocycles. The number of carbonyl (C=O) groups excluding carboxylic acids is 1. The van der Waals surface area contributed by atoms with E-state index in [-0.39, 0.29) is 0 Å². The zero-order valence-corrected chi connectivity index (χ0v) is 11.4. The Balaban J connectivity index is 2.04. The van der Waals surface area contributed by atoms with Crippen LogP contribution in [0, 0.1) is 6.92 Å². The number of β-amino-alcohol motifs (C(OH)–C–C–N with tert-alkyl or cyclic N) is 1. The van der Waals surface area contributed by atoms with Crippen LogP contribution in [0.4, 0.5) is 5.13 Å². The number of primary amides is 1. The first-order valence-electron chi connectivity index (χ1n) is 6.16. The number of nitrogens with two attached hydrogens (primary N) is 1. The lowest BCUT2D eigenvalue weighted by atomic mass is 10.2. The molecule has 1 aliphatic rings. The van der Waals surface area contributed by atoms with Crippen molar-refractivity contribution in [3.8, 4) is 0 Å². The van der Waals surface area contributed by atoms with E-state index in [4.69, 9.17) is 5.73 Å². The van der Waals surface area contributed by atoms with Crippen LogP contribution in [0.3, 0.4) is 0 Å². The molecule has 0 saturated carbocycles. The molecule has 1 aromatic carbocycles. The van der Waals surface area contributed by atoms with E-state index in [1.165, 1.54) is 0 Å². The molecule has 2 atom stereocenters. The third-order valence-corrected chi connectivity index (χ3v) is 4.70. The van der Waals surface area contributed by atoms with Crippen LogP contribution in [0.2, 0.25) is 0 Å². The molecule has 0 spiro atoms. The normalized spacial score (nSPS) is 23.2. The fraction of sp³-hybridized carbons (Fsp3) is 0.385. The van der Waals surface area contributed by atoms with Crippen molar-refractivity contribution in [3.63, 3.8) is 0 Å². The largest absolute Gasteiger partial charge is 0.391 e. The van der Waals surface area contributed by atoms with E-state index in [2.05, 4.69) is 4.98 Å². The van der Waals surface area contributed by atoms with Crippen molar-refractivity contribution in [2.75, 3.05) is 11.4 Å². The number of hydrogen-bond donors (Lipinski definition) is 2. The van der Waals surface area contributed by atoms with Crippen LogP contribution >= 0.6 is 11.3 Å². The summed E-state index contributed by atoms with van der Waals surface area (Å²) >= 11 is 1.54. The van der Waals surface area contributed by atoms with Gasteiger partial charge in [0.25, 0.3) is 0 Å². The summed E-state index contributed by atoms with van der Waals surface area (Å²) in [7, 11) is 0. The zero-order valence-electron chi connectivity index (χ0n) is 10.5. The number of aliphatic hydroxyl groups excluding tert-OH is 1. The Bertz CT molecular complexity index is 640. The standard InChI is InChI=1S/C13H15N3O2S/c1-7-3-2-4-9-11(7)19-13(15-9)16-6-8(17)5-10(16)12(14)18/h2-4,8,10,17H,5-6H2,1H3,(H2,14,18)/t8-,10+/m1/s1. The molecule has 100 valence electrons. The van der Waals surface area contributed by atoms with Gasteiger partial charge < -0.3 is 15.7 Å². The van der Waals surface area contributed by atoms with E-state index in [9.17, 15) is 9.90 Å². The fourth-order valence-electron chi connectivity index (χ4n) is 2.49. The van der Waals surface area contributed by atoms with Gasteiger partial charge in [-0.3, -0.25) is 4.79 Å². The predicted octanol–water partition coefficient (Wildman–Crippen LogP) is 1.03. The molecule has 19 heavy (non-hydrogen) atoms. The van der Waals surface area contributed by atoms with Gasteiger partial charge in [0, 0.05) is 13.0 Å². The molecule has 0 bridgehead atoms. The first-order chi connectivity index (χ1) is 9.06. The molecule has 1 aromatic heterocycles. The number of aliphatic hydroxyl groups is 1. The van der Waals surface area contributed by atoms with E-state index in [1.54, 1.807) is 11.3 Å². The summed E-state index contributed by atoms with van der Waals surface area (Å²) < 4.78 is 1.11. The van der Waals surface area contributed by atoms with E-state index >= 15 is 0 Å². The highest BCUT2D eigenvalue weighted by molar-refractivity contribution is 7.22. The van der Waals surface area contributed by atoms with Crippen LogP contribution in [0.1, 0.15) is 12.0 Å². The summed E-state index contributed by atoms with van der Waals surface area (Å²) in [4.78, 5) is 17.8. The second-order valence-corrected chi connectivity index (χ2v) is 5.86. The molecule has 3 rings (SSSR count). The smallest absolute Gasteiger partial charge is 0.240 e. The Morgan fingerprint density at radius 2 is 2.37 bits per heavy atom. The first kappa shape index (κ1) is 12.4. The molecule has 1 amide bonds. The van der Waals surface area contributed by atoms with Crippen molar-refractivity contribution in [2.45, 2.75) is 25.5 Å². The van der Waals surface area contributed by atoms with Gasteiger partial charge in [0.05, 0.1) is 16.3 Å². The number of rotatable bonds is 2. The number of aryl methyl sites for hydroxylation is 1. The van der Waals surface area contributed by atoms with Gasteiger partial charge in [0.2, 0.25) is 5.91 Å². The monoisotopic (exact) mass is 277 g/mol. The summed E-state index contributed by atoms with van der Waals surface area (Å²) in [5.74, 6) is -0.410. The number of benzene rings is 1. The van der Waals surface area contributed by atoms with Crippen LogP contribution in [-0.4, -0.2) is 34.7 Å². The SMILES string of the molecule is Cc1cccc2nc(N3C[C@H](O)C[C@H]3C(N)=O)sc12. The Hall–Kier alpha value is -1.66. The summed E-state index contributed by atoms with van der Waals surface area (Å²) in [5.41, 5.74) is 7.48. The molecule has 5 nitrogen and oxygen atoms in total. The Morgan fingerprint density at radius 1 is 1.58 bits per heavy atom. The van der Waals surface area contributed by atoms with Crippen molar-refractivity contribution >= 4 is 32.6 Å². The van der Waals surface area contributed by atoms with Crippen molar-refractivity contribution in [3.05, 3.63) is 23.8 Å². The number of carbonyl (C=O) groups is 1. The Kier molecular flexibility index (Phi) is 2.91. The number of hydrogen-bond acceptors (Lipinski definition) is 5. The summed E-state index contributed by atoms with van der Waals surface area (Å²) in [6.45, 7) is 2.45. The third kappa shape index (κ3) is 2.06. The first-order valence-corrected chi connectivity index (χ1v) is 6.98. The minimum absolute atomic E-state index is 0.379. The van der Waals surface area contributed by atoms with Crippen molar-refractivity contribution in [2.24, 2.45) is 5.73 Å². The predicted molar refractivity (Wildman–Crippen MR) is 75.3 cm³/mol. The molecule has 0 radical (unpaired) electrons. The minimum Gasteiger partial charge on any atom is -0.391 e. The third-order valence-electron chi connectivity index (χ3n) is 3.45. The molecule has 1 aliphatic heterocycles. The maximum atomic E-state index is 11.5. The number of anilines is 1. The lowest BCUT2D eigenvalue weighted by Crippen LogP contribution is -2.40. The molecule has 2 aromatic rings. The highest BCUT2D eigenvalue weighted by Gasteiger charge is 2.36. The van der Waals surface area contributed by atoms with Crippen LogP contribution in [0.5, 0.6) is 0 Å². The quantitative estimate of drug-likeness (QED) is 0.859. The topological polar surface area (TPSA) is 79.4 Å². The van der Waals surface area contributed by atoms with Crippen LogP contribution < -0.4 is 10.6 Å². The summed E-state index contributed by atoms with van der Waals surface area (Å²) in [6.07, 6.45) is -0.143. The van der Waals surface area contributed by atoms with Crippen LogP contribution in [0.15, 0.2) is 18.2 Å². The molecule has 2 heterocycles. The van der Waals surface area contributed by atoms with E-state index < -0.39 is 18.1 Å². The Morgan fingerprint density at radius 3 is 3.05 bits per heavy atom. The summed E-state index contributed by atoms with van der Waals surface area (Å²) in [6, 6.07) is 5.49. The molecule has 6 heteroatoms. The maximum Gasteiger partial charge on any atom is 0.240 e. The second kappa shape index (κ2) is 4.47. The lowest BCUT2D eigenvalue weighted by Gasteiger charge is -2.20. The number of thiazole rings is 1. The average molecular weight is 277 g/mol. The van der Waals surface area contributed by atoms with Gasteiger partial charge in [-0.15, -0.1) is 0 Å². The van der Waals surface area contributed by atoms with Gasteiger partial charge in [0.1, 0.15) is 6.04 Å². The number of aromatic nitrogens is 1. The Labute approximate surface area is 114 Å². The molecule has 0 unspecified atom stereocenters. The second-order valence-electron chi connectivity index (χ2n) is 4.88. The van der Waals surface area contributed by atoms with Crippen LogP contribution in [0.25, 0.3) is 10.2 Å². The van der Waals surface area contributed by atoms with Crippen molar-refractivity contribution < 1.29 is 9.90 Å². The highest BCUT2D eigenvalue weighted by atomic mass is 32.1. The molecule has 0 aliphatic carbocycles. The van der Waals surface area contributed by atoms with E-state index in [0.717, 1.165) is 20.9 Å². The number of fused-ring (bicyclic) bond motifs is 1. The van der Waals surface area contributed by atoms with Gasteiger partial charge in [-0.25, -0.2) is 4.98 Å². The lowest BCUT2D eigenvalue weighted by molar-refractivity contribution is -0.119. The van der Waals surface area contributed by atoms with Gasteiger partial charge in [-0.05, 0) is 18.6 Å². The van der Waals surface area contributed by atoms with Gasteiger partial charge in [-0.1, -0.05) is 23.5 Å². The van der Waals surface area contributed by atoms with Crippen LogP contribution in [-0.2, 0) is 4.79 Å². The maximum absolute atomic E-state index is 11.5. The van der Waals surface area contributed by atoms with Crippen molar-refractivity contribution in [1.82, 2.24) is 4.98 Å².